The van der Waals surface area contributed by atoms with E-state index in [2.05, 4.69) is 24.8 Å². The van der Waals surface area contributed by atoms with E-state index in [4.69, 9.17) is 4.74 Å². The number of fused-ring (bicyclic) bond motifs is 1. The van der Waals surface area contributed by atoms with Crippen LogP contribution in [0, 0.1) is 5.82 Å². The van der Waals surface area contributed by atoms with Crippen LogP contribution in [0.2, 0.25) is 0 Å². The van der Waals surface area contributed by atoms with Gasteiger partial charge in [-0.15, -0.1) is 0 Å². The average Bonchev–Trinajstić information content (AvgIpc) is 3.27. The highest BCUT2D eigenvalue weighted by atomic mass is 31.2. The summed E-state index contributed by atoms with van der Waals surface area (Å²) >= 11 is 0. The number of carbonyl (C=O) groups is 1. The van der Waals surface area contributed by atoms with Gasteiger partial charge in [0.25, 0.3) is 5.91 Å². The number of benzene rings is 1. The Hall–Kier alpha value is -3.04. The number of nitrogens with zero attached hydrogens (tertiary/aromatic N) is 3. The van der Waals surface area contributed by atoms with E-state index in [9.17, 15) is 38.5 Å². The Labute approximate surface area is 182 Å². The van der Waals surface area contributed by atoms with Gasteiger partial charge in [0.1, 0.15) is 35.5 Å². The number of nitrogens with one attached hydrogen (secondary N) is 2. The molecule has 0 saturated carbocycles. The first-order valence-electron chi connectivity index (χ1n) is 9.26. The summed E-state index contributed by atoms with van der Waals surface area (Å²) in [6, 6.07) is 5.15. The van der Waals surface area contributed by atoms with Gasteiger partial charge in [0, 0.05) is 0 Å². The van der Waals surface area contributed by atoms with Gasteiger partial charge in [-0.05, 0) is 12.1 Å². The van der Waals surface area contributed by atoms with Crippen molar-refractivity contribution in [3.8, 4) is 0 Å². The standard InChI is InChI=1S/C17H17FN5O9P/c18-8-4-2-1-3-7(8)15(26)20-13-10-14(22-17(27)21-13)23(6-19-10)16-12(25)11(24)9(32-16)5-31-33(28,29)30/h1-4,6,9,11-12,16,24-25H,5H2,(H2,28,29,30)(H2,20,21,22,26,27)/p-2/t9-,11-,12-,16-/m1/s1. The first-order valence-corrected chi connectivity index (χ1v) is 10.7. The third-order valence-corrected chi connectivity index (χ3v) is 5.27. The number of phosphoric acid groups is 1. The SMILES string of the molecule is O=C(Nc1[nH]c(=O)nc2c1ncn2[C@@H]1O[C@H](COP(=O)([O-])[O-])[C@@H](O)[C@H]1O)c1ccccc1F. The summed E-state index contributed by atoms with van der Waals surface area (Å²) in [5.41, 5.74) is -1.47. The van der Waals surface area contributed by atoms with Gasteiger partial charge in [-0.3, -0.25) is 14.3 Å². The molecule has 1 aliphatic rings. The topological polar surface area (TPSA) is 215 Å². The number of aliphatic hydroxyl groups is 2. The number of imidazole rings is 1. The highest BCUT2D eigenvalue weighted by molar-refractivity contribution is 7.43. The molecule has 1 amide bonds. The van der Waals surface area contributed by atoms with Crippen molar-refractivity contribution in [2.24, 2.45) is 0 Å². The molecule has 4 atom stereocenters. The van der Waals surface area contributed by atoms with Gasteiger partial charge in [0.05, 0.1) is 26.3 Å². The molecule has 0 spiro atoms. The van der Waals surface area contributed by atoms with E-state index in [1.807, 2.05) is 0 Å². The number of rotatable bonds is 6. The Kier molecular flexibility index (Phi) is 6.11. The molecule has 1 aromatic carbocycles. The quantitative estimate of drug-likeness (QED) is 0.281. The fraction of sp³-hybridized carbons (Fsp3) is 0.294. The number of aliphatic hydroxyl groups excluding tert-OH is 2. The Bertz CT molecular complexity index is 1310. The van der Waals surface area contributed by atoms with E-state index in [0.717, 1.165) is 17.0 Å². The molecule has 0 unspecified atom stereocenters. The molecule has 176 valence electrons. The summed E-state index contributed by atoms with van der Waals surface area (Å²) in [6.07, 6.45) is -5.02. The third-order valence-electron chi connectivity index (χ3n) is 4.81. The van der Waals surface area contributed by atoms with Crippen molar-refractivity contribution >= 4 is 30.7 Å². The van der Waals surface area contributed by atoms with E-state index in [1.165, 1.54) is 18.2 Å². The molecule has 3 heterocycles. The van der Waals surface area contributed by atoms with Crippen LogP contribution in [0.1, 0.15) is 16.6 Å². The zero-order valence-electron chi connectivity index (χ0n) is 16.3. The Morgan fingerprint density at radius 2 is 2.06 bits per heavy atom. The van der Waals surface area contributed by atoms with Crippen LogP contribution in [0.15, 0.2) is 35.4 Å². The second-order valence-electron chi connectivity index (χ2n) is 6.96. The minimum absolute atomic E-state index is 0.0621. The maximum absolute atomic E-state index is 13.9. The number of H-pyrrole nitrogens is 1. The largest absolute Gasteiger partial charge is 0.790 e. The van der Waals surface area contributed by atoms with Crippen LogP contribution in [0.4, 0.5) is 10.2 Å². The van der Waals surface area contributed by atoms with E-state index in [0.29, 0.717) is 0 Å². The molecular formula is C17H15FN5O9P-2. The number of amides is 1. The van der Waals surface area contributed by atoms with E-state index >= 15 is 0 Å². The van der Waals surface area contributed by atoms with Crippen molar-refractivity contribution in [1.82, 2.24) is 19.5 Å². The molecule has 3 aromatic rings. The molecule has 2 aromatic heterocycles. The fourth-order valence-electron chi connectivity index (χ4n) is 3.30. The summed E-state index contributed by atoms with van der Waals surface area (Å²) in [5, 5.41) is 22.8. The van der Waals surface area contributed by atoms with Crippen molar-refractivity contribution in [2.45, 2.75) is 24.5 Å². The fourth-order valence-corrected chi connectivity index (χ4v) is 3.63. The molecule has 4 rings (SSSR count). The van der Waals surface area contributed by atoms with Crippen LogP contribution in [0.5, 0.6) is 0 Å². The zero-order chi connectivity index (χ0) is 23.9. The van der Waals surface area contributed by atoms with E-state index in [1.54, 1.807) is 0 Å². The number of carbonyl (C=O) groups excluding carboxylic acids is 1. The van der Waals surface area contributed by atoms with Crippen LogP contribution in [0.3, 0.4) is 0 Å². The molecule has 0 aliphatic carbocycles. The van der Waals surface area contributed by atoms with Gasteiger partial charge in [0.2, 0.25) is 0 Å². The number of halogens is 1. The lowest BCUT2D eigenvalue weighted by Gasteiger charge is -2.30. The minimum Gasteiger partial charge on any atom is -0.790 e. The lowest BCUT2D eigenvalue weighted by molar-refractivity contribution is -0.343. The second kappa shape index (κ2) is 8.72. The van der Waals surface area contributed by atoms with Gasteiger partial charge in [-0.2, -0.15) is 4.98 Å². The first kappa shape index (κ1) is 23.1. The minimum atomic E-state index is -5.36. The Morgan fingerprint density at radius 3 is 2.76 bits per heavy atom. The number of anilines is 1. The number of hydrogen-bond acceptors (Lipinski definition) is 11. The number of aromatic amines is 1. The molecule has 1 saturated heterocycles. The van der Waals surface area contributed by atoms with Gasteiger partial charge in [-0.25, -0.2) is 14.2 Å². The number of phosphoric ester groups is 1. The van der Waals surface area contributed by atoms with Crippen molar-refractivity contribution in [2.75, 3.05) is 11.9 Å². The number of ether oxygens (including phenoxy) is 1. The summed E-state index contributed by atoms with van der Waals surface area (Å²) in [5.74, 6) is -1.89. The Morgan fingerprint density at radius 1 is 1.33 bits per heavy atom. The molecule has 16 heteroatoms. The van der Waals surface area contributed by atoms with Crippen LogP contribution in [-0.2, 0) is 13.8 Å². The highest BCUT2D eigenvalue weighted by Crippen LogP contribution is 2.34. The van der Waals surface area contributed by atoms with Gasteiger partial charge in [0.15, 0.2) is 11.9 Å². The van der Waals surface area contributed by atoms with Crippen molar-refractivity contribution in [3.63, 3.8) is 0 Å². The predicted molar refractivity (Wildman–Crippen MR) is 102 cm³/mol. The maximum atomic E-state index is 13.9. The molecular weight excluding hydrogens is 468 g/mol. The summed E-state index contributed by atoms with van der Waals surface area (Å²) in [7, 11) is -5.36. The predicted octanol–water partition coefficient (Wildman–Crippen LogP) is -2.02. The Balaban J connectivity index is 1.64. The van der Waals surface area contributed by atoms with E-state index in [-0.39, 0.29) is 22.5 Å². The lowest BCUT2D eigenvalue weighted by atomic mass is 10.1. The number of hydrogen-bond donors (Lipinski definition) is 4. The van der Waals surface area contributed by atoms with E-state index < -0.39 is 56.4 Å². The summed E-state index contributed by atoms with van der Waals surface area (Å²) in [6.45, 7) is -0.858. The molecule has 0 radical (unpaired) electrons. The number of aromatic nitrogens is 4. The monoisotopic (exact) mass is 483 g/mol. The normalized spacial score (nSPS) is 23.2. The molecule has 14 nitrogen and oxygen atoms in total. The van der Waals surface area contributed by atoms with Crippen LogP contribution in [-0.4, -0.2) is 60.6 Å². The smallest absolute Gasteiger partial charge is 0.348 e. The van der Waals surface area contributed by atoms with Gasteiger partial charge < -0.3 is 39.1 Å². The molecule has 33 heavy (non-hydrogen) atoms. The molecule has 1 aliphatic heterocycles. The van der Waals surface area contributed by atoms with Crippen molar-refractivity contribution in [1.29, 1.82) is 0 Å². The van der Waals surface area contributed by atoms with Gasteiger partial charge >= 0.3 is 5.69 Å². The molecule has 4 N–H and O–H groups in total. The zero-order valence-corrected chi connectivity index (χ0v) is 17.2. The van der Waals surface area contributed by atoms with Crippen molar-refractivity contribution in [3.05, 3.63) is 52.5 Å². The van der Waals surface area contributed by atoms with Crippen LogP contribution in [0.25, 0.3) is 11.2 Å². The highest BCUT2D eigenvalue weighted by Gasteiger charge is 2.44. The summed E-state index contributed by atoms with van der Waals surface area (Å²) < 4.78 is 35.1. The molecule has 0 bridgehead atoms. The third kappa shape index (κ3) is 4.69. The first-order chi connectivity index (χ1) is 15.5. The van der Waals surface area contributed by atoms with Crippen LogP contribution < -0.4 is 20.8 Å². The average molecular weight is 483 g/mol. The van der Waals surface area contributed by atoms with Crippen LogP contribution >= 0.6 is 7.82 Å². The van der Waals surface area contributed by atoms with Crippen molar-refractivity contribution < 1.29 is 43.0 Å². The lowest BCUT2D eigenvalue weighted by Crippen LogP contribution is -2.34. The summed E-state index contributed by atoms with van der Waals surface area (Å²) in [4.78, 5) is 55.9. The molecule has 1 fully saturated rings. The van der Waals surface area contributed by atoms with Gasteiger partial charge in [-0.1, -0.05) is 12.1 Å². The maximum Gasteiger partial charge on any atom is 0.348 e. The second-order valence-corrected chi connectivity index (χ2v) is 8.12.